The second kappa shape index (κ2) is 11.1. The Morgan fingerprint density at radius 2 is 2.00 bits per heavy atom. The van der Waals surface area contributed by atoms with Gasteiger partial charge >= 0.3 is 0 Å². The third-order valence-corrected chi connectivity index (χ3v) is 5.40. The number of guanidine groups is 1. The molecule has 2 heterocycles. The average molecular weight is 447 g/mol. The number of aliphatic imine (C=N–C) groups is 1. The van der Waals surface area contributed by atoms with Crippen molar-refractivity contribution in [2.45, 2.75) is 46.1 Å². The third kappa shape index (κ3) is 6.69. The molecule has 0 saturated carbocycles. The number of carbonyl (C=O) groups excluding carboxylic acids is 1. The number of hydrogen-bond donors (Lipinski definition) is 2. The van der Waals surface area contributed by atoms with Crippen LogP contribution in [0.15, 0.2) is 33.8 Å². The maximum Gasteiger partial charge on any atom is 0.228 e. The standard InChI is InChI=1S/C22H31ClN6O2/c1-4-24-22(26-18-10-13-29(14-11-18)21(30)15(2)3)25-12-9-19-27-20(28-31-19)16-5-7-17(23)8-6-16/h5-8,15,18H,4,9-14H2,1-3H3,(H2,24,25,26). The zero-order valence-corrected chi connectivity index (χ0v) is 19.2. The van der Waals surface area contributed by atoms with Crippen LogP contribution >= 0.6 is 11.6 Å². The van der Waals surface area contributed by atoms with Crippen molar-refractivity contribution in [2.75, 3.05) is 26.2 Å². The van der Waals surface area contributed by atoms with Crippen LogP contribution in [-0.2, 0) is 11.2 Å². The van der Waals surface area contributed by atoms with E-state index in [1.165, 1.54) is 0 Å². The Bertz CT molecular complexity index is 872. The lowest BCUT2D eigenvalue weighted by Gasteiger charge is -2.34. The molecule has 168 valence electrons. The summed E-state index contributed by atoms with van der Waals surface area (Å²) in [5.41, 5.74) is 0.861. The highest BCUT2D eigenvalue weighted by molar-refractivity contribution is 6.30. The number of nitrogens with zero attached hydrogens (tertiary/aromatic N) is 4. The minimum absolute atomic E-state index is 0.0494. The van der Waals surface area contributed by atoms with Crippen LogP contribution in [0.2, 0.25) is 5.02 Å². The van der Waals surface area contributed by atoms with Crippen LogP contribution in [0.3, 0.4) is 0 Å². The summed E-state index contributed by atoms with van der Waals surface area (Å²) in [5.74, 6) is 2.15. The fraction of sp³-hybridized carbons (Fsp3) is 0.545. The Morgan fingerprint density at radius 1 is 1.29 bits per heavy atom. The number of halogens is 1. The third-order valence-electron chi connectivity index (χ3n) is 5.15. The number of likely N-dealkylation sites (tertiary alicyclic amines) is 1. The number of nitrogens with one attached hydrogen (secondary N) is 2. The monoisotopic (exact) mass is 446 g/mol. The Hall–Kier alpha value is -2.61. The summed E-state index contributed by atoms with van der Waals surface area (Å²) < 4.78 is 5.35. The Labute approximate surface area is 188 Å². The average Bonchev–Trinajstić information content (AvgIpc) is 3.23. The first-order chi connectivity index (χ1) is 15.0. The second-order valence-corrected chi connectivity index (χ2v) is 8.36. The molecule has 0 atom stereocenters. The lowest BCUT2D eigenvalue weighted by molar-refractivity contribution is -0.135. The molecule has 1 aromatic carbocycles. The van der Waals surface area contributed by atoms with Gasteiger partial charge in [0.25, 0.3) is 0 Å². The van der Waals surface area contributed by atoms with E-state index in [9.17, 15) is 4.79 Å². The largest absolute Gasteiger partial charge is 0.357 e. The zero-order valence-electron chi connectivity index (χ0n) is 18.4. The molecule has 2 N–H and O–H groups in total. The number of benzene rings is 1. The van der Waals surface area contributed by atoms with Crippen molar-refractivity contribution in [3.05, 3.63) is 35.2 Å². The van der Waals surface area contributed by atoms with Gasteiger partial charge in [0.1, 0.15) is 0 Å². The Balaban J connectivity index is 1.50. The Kier molecular flexibility index (Phi) is 8.28. The molecule has 0 spiro atoms. The molecule has 9 heteroatoms. The quantitative estimate of drug-likeness (QED) is 0.501. The number of amides is 1. The summed E-state index contributed by atoms with van der Waals surface area (Å²) in [7, 11) is 0. The summed E-state index contributed by atoms with van der Waals surface area (Å²) in [6.45, 7) is 8.81. The summed E-state index contributed by atoms with van der Waals surface area (Å²) in [6.07, 6.45) is 2.38. The lowest BCUT2D eigenvalue weighted by Crippen LogP contribution is -2.50. The van der Waals surface area contributed by atoms with E-state index in [-0.39, 0.29) is 11.8 Å². The predicted molar refractivity (Wildman–Crippen MR) is 122 cm³/mol. The molecule has 1 saturated heterocycles. The summed E-state index contributed by atoms with van der Waals surface area (Å²) in [5, 5.41) is 11.5. The molecule has 0 aliphatic carbocycles. The van der Waals surface area contributed by atoms with Crippen LogP contribution in [0.5, 0.6) is 0 Å². The van der Waals surface area contributed by atoms with Crippen LogP contribution in [-0.4, -0.2) is 59.1 Å². The first kappa shape index (κ1) is 23.1. The van der Waals surface area contributed by atoms with Gasteiger partial charge in [-0.3, -0.25) is 9.79 Å². The van der Waals surface area contributed by atoms with Gasteiger partial charge in [-0.1, -0.05) is 30.6 Å². The van der Waals surface area contributed by atoms with Gasteiger partial charge in [0, 0.05) is 48.6 Å². The van der Waals surface area contributed by atoms with E-state index < -0.39 is 0 Å². The van der Waals surface area contributed by atoms with Gasteiger partial charge < -0.3 is 20.1 Å². The highest BCUT2D eigenvalue weighted by Gasteiger charge is 2.24. The van der Waals surface area contributed by atoms with Gasteiger partial charge in [-0.2, -0.15) is 4.98 Å². The van der Waals surface area contributed by atoms with E-state index in [4.69, 9.17) is 16.1 Å². The number of carbonyl (C=O) groups is 1. The van der Waals surface area contributed by atoms with Crippen molar-refractivity contribution < 1.29 is 9.32 Å². The fourth-order valence-electron chi connectivity index (χ4n) is 3.46. The smallest absolute Gasteiger partial charge is 0.228 e. The van der Waals surface area contributed by atoms with Crippen LogP contribution in [0.25, 0.3) is 11.4 Å². The molecule has 1 fully saturated rings. The van der Waals surface area contributed by atoms with E-state index in [0.717, 1.165) is 44.0 Å². The molecule has 0 radical (unpaired) electrons. The maximum absolute atomic E-state index is 12.2. The van der Waals surface area contributed by atoms with Crippen LogP contribution in [0, 0.1) is 5.92 Å². The number of aromatic nitrogens is 2. The highest BCUT2D eigenvalue weighted by Crippen LogP contribution is 2.19. The molecule has 2 aromatic rings. The van der Waals surface area contributed by atoms with Crippen LogP contribution in [0.1, 0.15) is 39.5 Å². The molecular weight excluding hydrogens is 416 g/mol. The van der Waals surface area contributed by atoms with Crippen molar-refractivity contribution in [3.8, 4) is 11.4 Å². The minimum Gasteiger partial charge on any atom is -0.357 e. The van der Waals surface area contributed by atoms with Crippen molar-refractivity contribution in [2.24, 2.45) is 10.9 Å². The molecule has 3 rings (SSSR count). The molecule has 8 nitrogen and oxygen atoms in total. The van der Waals surface area contributed by atoms with Crippen molar-refractivity contribution in [1.29, 1.82) is 0 Å². The van der Waals surface area contributed by atoms with Gasteiger partial charge in [-0.15, -0.1) is 0 Å². The molecule has 0 unspecified atom stereocenters. The Morgan fingerprint density at radius 3 is 2.65 bits per heavy atom. The molecule has 1 aromatic heterocycles. The molecule has 31 heavy (non-hydrogen) atoms. The minimum atomic E-state index is 0.0494. The zero-order chi connectivity index (χ0) is 22.2. The predicted octanol–water partition coefficient (Wildman–Crippen LogP) is 3.13. The molecule has 1 aliphatic rings. The summed E-state index contributed by atoms with van der Waals surface area (Å²) in [6, 6.07) is 7.63. The van der Waals surface area contributed by atoms with Gasteiger partial charge in [0.15, 0.2) is 5.96 Å². The summed E-state index contributed by atoms with van der Waals surface area (Å²) in [4.78, 5) is 23.2. The van der Waals surface area contributed by atoms with E-state index in [0.29, 0.717) is 35.7 Å². The highest BCUT2D eigenvalue weighted by atomic mass is 35.5. The van der Waals surface area contributed by atoms with Crippen molar-refractivity contribution >= 4 is 23.5 Å². The van der Waals surface area contributed by atoms with Crippen LogP contribution < -0.4 is 10.6 Å². The molecule has 1 aliphatic heterocycles. The first-order valence-electron chi connectivity index (χ1n) is 10.9. The first-order valence-corrected chi connectivity index (χ1v) is 11.3. The van der Waals surface area contributed by atoms with E-state index in [1.807, 2.05) is 37.8 Å². The topological polar surface area (TPSA) is 95.7 Å². The van der Waals surface area contributed by atoms with Crippen LogP contribution in [0.4, 0.5) is 0 Å². The van der Waals surface area contributed by atoms with E-state index in [2.05, 4.69) is 25.8 Å². The number of rotatable bonds is 7. The SMILES string of the molecule is CCNC(=NCCc1nc(-c2ccc(Cl)cc2)no1)NC1CCN(C(=O)C(C)C)CC1. The molecule has 0 bridgehead atoms. The molecule has 1 amide bonds. The van der Waals surface area contributed by atoms with E-state index in [1.54, 1.807) is 12.1 Å². The number of piperidine rings is 1. The van der Waals surface area contributed by atoms with Gasteiger partial charge in [-0.25, -0.2) is 0 Å². The fourth-order valence-corrected chi connectivity index (χ4v) is 3.58. The molecular formula is C22H31ClN6O2. The maximum atomic E-state index is 12.2. The second-order valence-electron chi connectivity index (χ2n) is 7.93. The van der Waals surface area contributed by atoms with Crippen molar-refractivity contribution in [1.82, 2.24) is 25.7 Å². The van der Waals surface area contributed by atoms with Gasteiger partial charge in [0.2, 0.25) is 17.6 Å². The normalized spacial score (nSPS) is 15.4. The summed E-state index contributed by atoms with van der Waals surface area (Å²) >= 11 is 5.92. The van der Waals surface area contributed by atoms with Gasteiger partial charge in [-0.05, 0) is 44.0 Å². The lowest BCUT2D eigenvalue weighted by atomic mass is 10.0. The number of hydrogen-bond acceptors (Lipinski definition) is 5. The van der Waals surface area contributed by atoms with E-state index >= 15 is 0 Å². The van der Waals surface area contributed by atoms with Gasteiger partial charge in [0.05, 0.1) is 6.54 Å². The van der Waals surface area contributed by atoms with Crippen molar-refractivity contribution in [3.63, 3.8) is 0 Å².